The second kappa shape index (κ2) is 7.25. The second-order valence-corrected chi connectivity index (χ2v) is 6.22. The van der Waals surface area contributed by atoms with Gasteiger partial charge in [-0.25, -0.2) is 0 Å². The molecular formula is C15H28N2O2. The Balaban J connectivity index is 1.53. The summed E-state index contributed by atoms with van der Waals surface area (Å²) < 4.78 is 5.79. The molecule has 110 valence electrons. The Labute approximate surface area is 116 Å². The highest BCUT2D eigenvalue weighted by Gasteiger charge is 2.37. The molecule has 0 saturated heterocycles. The van der Waals surface area contributed by atoms with Gasteiger partial charge in [0.25, 0.3) is 0 Å². The fourth-order valence-electron chi connectivity index (χ4n) is 3.18. The van der Waals surface area contributed by atoms with E-state index in [9.17, 15) is 4.79 Å². The number of nitrogens with two attached hydrogens (primary N) is 1. The maximum atomic E-state index is 11.8. The summed E-state index contributed by atoms with van der Waals surface area (Å²) in [4.78, 5) is 11.8. The SMILES string of the molecule is NCC1(CC(=O)NCCOC2CCCCC2)CCC1. The minimum atomic E-state index is 0.105. The highest BCUT2D eigenvalue weighted by atomic mass is 16.5. The molecule has 0 unspecified atom stereocenters. The molecule has 2 saturated carbocycles. The number of amides is 1. The van der Waals surface area contributed by atoms with Crippen LogP contribution in [0.1, 0.15) is 57.8 Å². The Morgan fingerprint density at radius 1 is 1.21 bits per heavy atom. The number of carbonyl (C=O) groups is 1. The molecule has 2 aliphatic carbocycles. The number of hydrogen-bond donors (Lipinski definition) is 2. The van der Waals surface area contributed by atoms with Crippen LogP contribution < -0.4 is 11.1 Å². The fourth-order valence-corrected chi connectivity index (χ4v) is 3.18. The molecule has 1 amide bonds. The van der Waals surface area contributed by atoms with Crippen LogP contribution in [0.5, 0.6) is 0 Å². The minimum Gasteiger partial charge on any atom is -0.376 e. The normalized spacial score (nSPS) is 22.8. The van der Waals surface area contributed by atoms with Gasteiger partial charge in [0.05, 0.1) is 12.7 Å². The van der Waals surface area contributed by atoms with Crippen molar-refractivity contribution in [1.29, 1.82) is 0 Å². The largest absolute Gasteiger partial charge is 0.376 e. The summed E-state index contributed by atoms with van der Waals surface area (Å²) in [5.41, 5.74) is 5.87. The summed E-state index contributed by atoms with van der Waals surface area (Å²) >= 11 is 0. The lowest BCUT2D eigenvalue weighted by molar-refractivity contribution is -0.125. The molecule has 2 rings (SSSR count). The van der Waals surface area contributed by atoms with Gasteiger partial charge in [0.2, 0.25) is 5.91 Å². The summed E-state index contributed by atoms with van der Waals surface area (Å²) in [7, 11) is 0. The van der Waals surface area contributed by atoms with Crippen LogP contribution in [0, 0.1) is 5.41 Å². The van der Waals surface area contributed by atoms with Crippen LogP contribution >= 0.6 is 0 Å². The van der Waals surface area contributed by atoms with E-state index in [0.717, 1.165) is 12.8 Å². The maximum absolute atomic E-state index is 11.8. The van der Waals surface area contributed by atoms with Gasteiger partial charge in [-0.3, -0.25) is 4.79 Å². The van der Waals surface area contributed by atoms with E-state index in [1.54, 1.807) is 0 Å². The summed E-state index contributed by atoms with van der Waals surface area (Å²) in [6.45, 7) is 1.92. The van der Waals surface area contributed by atoms with Crippen LogP contribution in [0.3, 0.4) is 0 Å². The summed E-state index contributed by atoms with van der Waals surface area (Å²) in [6.07, 6.45) is 10.7. The van der Waals surface area contributed by atoms with Crippen molar-refractivity contribution in [2.45, 2.75) is 63.9 Å². The number of rotatable bonds is 7. The van der Waals surface area contributed by atoms with Crippen LogP contribution in [0.2, 0.25) is 0 Å². The van der Waals surface area contributed by atoms with Gasteiger partial charge >= 0.3 is 0 Å². The van der Waals surface area contributed by atoms with Crippen LogP contribution in [0.25, 0.3) is 0 Å². The molecule has 0 aromatic carbocycles. The molecule has 2 aliphatic rings. The van der Waals surface area contributed by atoms with E-state index in [4.69, 9.17) is 10.5 Å². The van der Waals surface area contributed by atoms with E-state index >= 15 is 0 Å². The molecule has 0 aliphatic heterocycles. The van der Waals surface area contributed by atoms with Crippen LogP contribution in [0.4, 0.5) is 0 Å². The van der Waals surface area contributed by atoms with Crippen molar-refractivity contribution in [3.8, 4) is 0 Å². The molecule has 4 heteroatoms. The van der Waals surface area contributed by atoms with Crippen molar-refractivity contribution in [1.82, 2.24) is 5.32 Å². The zero-order valence-corrected chi connectivity index (χ0v) is 12.0. The molecule has 0 bridgehead atoms. The smallest absolute Gasteiger partial charge is 0.220 e. The Kier molecular flexibility index (Phi) is 5.64. The standard InChI is InChI=1S/C15H28N2O2/c16-12-15(7-4-8-15)11-14(18)17-9-10-19-13-5-2-1-3-6-13/h13H,1-12,16H2,(H,17,18). The van der Waals surface area contributed by atoms with Crippen LogP contribution in [0.15, 0.2) is 0 Å². The second-order valence-electron chi connectivity index (χ2n) is 6.22. The molecule has 19 heavy (non-hydrogen) atoms. The highest BCUT2D eigenvalue weighted by Crippen LogP contribution is 2.42. The van der Waals surface area contributed by atoms with Crippen molar-refractivity contribution < 1.29 is 9.53 Å². The van der Waals surface area contributed by atoms with E-state index < -0.39 is 0 Å². The first-order chi connectivity index (χ1) is 9.24. The van der Waals surface area contributed by atoms with Gasteiger partial charge in [-0.2, -0.15) is 0 Å². The molecule has 0 spiro atoms. The van der Waals surface area contributed by atoms with E-state index in [0.29, 0.717) is 32.2 Å². The predicted molar refractivity (Wildman–Crippen MR) is 75.8 cm³/mol. The zero-order chi connectivity index (χ0) is 13.6. The number of hydrogen-bond acceptors (Lipinski definition) is 3. The van der Waals surface area contributed by atoms with E-state index in [2.05, 4.69) is 5.32 Å². The molecule has 0 aromatic rings. The molecule has 0 atom stereocenters. The van der Waals surface area contributed by atoms with Crippen LogP contribution in [-0.2, 0) is 9.53 Å². The minimum absolute atomic E-state index is 0.105. The third kappa shape index (κ3) is 4.46. The molecule has 0 heterocycles. The highest BCUT2D eigenvalue weighted by molar-refractivity contribution is 5.76. The van der Waals surface area contributed by atoms with E-state index in [1.165, 1.54) is 38.5 Å². The molecule has 2 fully saturated rings. The maximum Gasteiger partial charge on any atom is 0.220 e. The molecular weight excluding hydrogens is 240 g/mol. The summed E-state index contributed by atoms with van der Waals surface area (Å²) in [5.74, 6) is 0.136. The van der Waals surface area contributed by atoms with Crippen molar-refractivity contribution in [2.75, 3.05) is 19.7 Å². The van der Waals surface area contributed by atoms with Gasteiger partial charge in [-0.15, -0.1) is 0 Å². The fraction of sp³-hybridized carbons (Fsp3) is 0.933. The monoisotopic (exact) mass is 268 g/mol. The topological polar surface area (TPSA) is 64.4 Å². The van der Waals surface area contributed by atoms with E-state index in [-0.39, 0.29) is 11.3 Å². The van der Waals surface area contributed by atoms with E-state index in [1.807, 2.05) is 0 Å². The Bertz CT molecular complexity index is 278. The van der Waals surface area contributed by atoms with Crippen molar-refractivity contribution in [2.24, 2.45) is 11.1 Å². The van der Waals surface area contributed by atoms with Crippen molar-refractivity contribution in [3.05, 3.63) is 0 Å². The average molecular weight is 268 g/mol. The van der Waals surface area contributed by atoms with Crippen molar-refractivity contribution in [3.63, 3.8) is 0 Å². The molecule has 0 aromatic heterocycles. The zero-order valence-electron chi connectivity index (χ0n) is 12.0. The lowest BCUT2D eigenvalue weighted by atomic mass is 9.66. The summed E-state index contributed by atoms with van der Waals surface area (Å²) in [6, 6.07) is 0. The van der Waals surface area contributed by atoms with Gasteiger partial charge in [0, 0.05) is 13.0 Å². The first-order valence-electron chi connectivity index (χ1n) is 7.82. The first kappa shape index (κ1) is 14.8. The Morgan fingerprint density at radius 2 is 1.95 bits per heavy atom. The molecule has 0 radical (unpaired) electrons. The van der Waals surface area contributed by atoms with Gasteiger partial charge in [-0.05, 0) is 37.6 Å². The Hall–Kier alpha value is -0.610. The van der Waals surface area contributed by atoms with Gasteiger partial charge < -0.3 is 15.8 Å². The third-order valence-corrected chi connectivity index (χ3v) is 4.71. The number of nitrogens with one attached hydrogen (secondary N) is 1. The van der Waals surface area contributed by atoms with Gasteiger partial charge in [-0.1, -0.05) is 25.7 Å². The molecule has 3 N–H and O–H groups in total. The first-order valence-corrected chi connectivity index (χ1v) is 7.82. The number of ether oxygens (including phenoxy) is 1. The molecule has 4 nitrogen and oxygen atoms in total. The third-order valence-electron chi connectivity index (χ3n) is 4.71. The van der Waals surface area contributed by atoms with Crippen molar-refractivity contribution >= 4 is 5.91 Å². The lowest BCUT2D eigenvalue weighted by Crippen LogP contribution is -2.42. The summed E-state index contributed by atoms with van der Waals surface area (Å²) in [5, 5.41) is 2.96. The average Bonchev–Trinajstić information content (AvgIpc) is 2.40. The lowest BCUT2D eigenvalue weighted by Gasteiger charge is -2.40. The predicted octanol–water partition coefficient (Wildman–Crippen LogP) is 1.97. The number of carbonyl (C=O) groups excluding carboxylic acids is 1. The van der Waals surface area contributed by atoms with Gasteiger partial charge in [0.15, 0.2) is 0 Å². The van der Waals surface area contributed by atoms with Gasteiger partial charge in [0.1, 0.15) is 0 Å². The quantitative estimate of drug-likeness (QED) is 0.694. The Morgan fingerprint density at radius 3 is 2.53 bits per heavy atom. The van der Waals surface area contributed by atoms with Crippen LogP contribution in [-0.4, -0.2) is 31.7 Å².